The van der Waals surface area contributed by atoms with Gasteiger partial charge in [0, 0.05) is 16.6 Å². The van der Waals surface area contributed by atoms with Crippen LogP contribution in [0.3, 0.4) is 0 Å². The molecule has 9 heteroatoms. The summed E-state index contributed by atoms with van der Waals surface area (Å²) in [4.78, 5) is 4.43. The zero-order valence-electron chi connectivity index (χ0n) is 13.3. The molecule has 2 aromatic carbocycles. The molecule has 0 amide bonds. The van der Waals surface area contributed by atoms with Gasteiger partial charge in [0.05, 0.1) is 22.8 Å². The number of aromatic nitrogens is 1. The van der Waals surface area contributed by atoms with Gasteiger partial charge >= 0.3 is 6.18 Å². The summed E-state index contributed by atoms with van der Waals surface area (Å²) in [6, 6.07) is 10.6. The van der Waals surface area contributed by atoms with E-state index >= 15 is 0 Å². The molecule has 26 heavy (non-hydrogen) atoms. The third-order valence-electron chi connectivity index (χ3n) is 3.39. The lowest BCUT2D eigenvalue weighted by atomic mass is 10.2. The molecule has 138 valence electrons. The molecule has 0 radical (unpaired) electrons. The first-order chi connectivity index (χ1) is 11.9. The lowest BCUT2D eigenvalue weighted by Gasteiger charge is -2.09. The van der Waals surface area contributed by atoms with Gasteiger partial charge in [-0.2, -0.15) is 13.2 Å². The van der Waals surface area contributed by atoms with Crippen molar-refractivity contribution < 1.29 is 17.9 Å². The summed E-state index contributed by atoms with van der Waals surface area (Å²) < 4.78 is 44.3. The number of alkyl halides is 3. The molecular weight excluding hydrogens is 497 g/mol. The van der Waals surface area contributed by atoms with E-state index in [1.807, 2.05) is 23.6 Å². The van der Waals surface area contributed by atoms with Crippen LogP contribution < -0.4 is 10.1 Å². The molecule has 0 unspecified atom stereocenters. The van der Waals surface area contributed by atoms with E-state index in [9.17, 15) is 13.2 Å². The fourth-order valence-electron chi connectivity index (χ4n) is 2.19. The van der Waals surface area contributed by atoms with E-state index in [2.05, 4.69) is 26.2 Å². The van der Waals surface area contributed by atoms with Crippen molar-refractivity contribution in [2.45, 2.75) is 6.18 Å². The number of thiazole rings is 1. The van der Waals surface area contributed by atoms with E-state index < -0.39 is 11.7 Å². The maximum absolute atomic E-state index is 12.8. The van der Waals surface area contributed by atoms with Crippen molar-refractivity contribution in [2.24, 2.45) is 0 Å². The number of hydrogen-bond acceptors (Lipinski definition) is 4. The average molecular weight is 510 g/mol. The van der Waals surface area contributed by atoms with Crippen LogP contribution in [-0.4, -0.2) is 12.1 Å². The fraction of sp³-hybridized carbons (Fsp3) is 0.118. The molecule has 0 aliphatic heterocycles. The molecule has 0 aliphatic carbocycles. The second kappa shape index (κ2) is 8.41. The van der Waals surface area contributed by atoms with Crippen molar-refractivity contribution in [3.63, 3.8) is 0 Å². The Balaban J connectivity index is 0.00000243. The number of nitrogens with one attached hydrogen (secondary N) is 1. The molecule has 1 N–H and O–H groups in total. The summed E-state index contributed by atoms with van der Waals surface area (Å²) in [5.74, 6) is 0.710. The van der Waals surface area contributed by atoms with Gasteiger partial charge in [-0.25, -0.2) is 4.98 Å². The van der Waals surface area contributed by atoms with Crippen LogP contribution in [0.15, 0.2) is 52.3 Å². The minimum Gasteiger partial charge on any atom is -0.496 e. The largest absolute Gasteiger partial charge is 0.496 e. The van der Waals surface area contributed by atoms with Gasteiger partial charge in [-0.05, 0) is 52.3 Å². The molecule has 3 rings (SSSR count). The van der Waals surface area contributed by atoms with E-state index in [4.69, 9.17) is 4.74 Å². The van der Waals surface area contributed by atoms with Gasteiger partial charge in [0.25, 0.3) is 0 Å². The van der Waals surface area contributed by atoms with Crippen LogP contribution >= 0.6 is 44.2 Å². The number of hydrogen-bond donors (Lipinski definition) is 1. The quantitative estimate of drug-likeness (QED) is 0.414. The molecular formula is C17H13Br2F3N2OS. The molecule has 0 bridgehead atoms. The first-order valence-corrected chi connectivity index (χ1v) is 8.78. The zero-order chi connectivity index (χ0) is 18.0. The maximum atomic E-state index is 12.8. The van der Waals surface area contributed by atoms with Gasteiger partial charge in [-0.3, -0.25) is 0 Å². The van der Waals surface area contributed by atoms with Crippen LogP contribution in [0, 0.1) is 0 Å². The van der Waals surface area contributed by atoms with E-state index in [1.54, 1.807) is 13.2 Å². The van der Waals surface area contributed by atoms with Crippen LogP contribution in [-0.2, 0) is 6.18 Å². The maximum Gasteiger partial charge on any atom is 0.416 e. The first kappa shape index (κ1) is 20.7. The Morgan fingerprint density at radius 2 is 1.92 bits per heavy atom. The smallest absolute Gasteiger partial charge is 0.416 e. The minimum atomic E-state index is -4.37. The SMILES string of the molecule is Br.COc1ccc(-c2csc(Nc3cccc(C(F)(F)F)c3)n2)cc1Br. The Morgan fingerprint density at radius 1 is 1.15 bits per heavy atom. The van der Waals surface area contributed by atoms with Gasteiger partial charge in [0.2, 0.25) is 0 Å². The number of halogens is 5. The Labute approximate surface area is 171 Å². The molecule has 0 saturated heterocycles. The summed E-state index contributed by atoms with van der Waals surface area (Å²) in [5.41, 5.74) is 1.24. The van der Waals surface area contributed by atoms with E-state index in [0.29, 0.717) is 16.6 Å². The van der Waals surface area contributed by atoms with Gasteiger partial charge in [-0.15, -0.1) is 28.3 Å². The highest BCUT2D eigenvalue weighted by atomic mass is 79.9. The van der Waals surface area contributed by atoms with E-state index in [1.165, 1.54) is 17.4 Å². The standard InChI is InChI=1S/C17H12BrF3N2OS.BrH/c1-24-15-6-5-10(7-13(15)18)14-9-25-16(23-14)22-12-4-2-3-11(8-12)17(19,20)21;/h2-9H,1H3,(H,22,23);1H. The predicted octanol–water partition coefficient (Wildman–Crippen LogP) is 6.92. The third-order valence-corrected chi connectivity index (χ3v) is 4.77. The molecule has 0 saturated carbocycles. The van der Waals surface area contributed by atoms with Crippen molar-refractivity contribution in [3.8, 4) is 17.0 Å². The second-order valence-corrected chi connectivity index (χ2v) is 6.80. The fourth-order valence-corrected chi connectivity index (χ4v) is 3.47. The lowest BCUT2D eigenvalue weighted by Crippen LogP contribution is -2.05. The summed E-state index contributed by atoms with van der Waals surface area (Å²) in [6.45, 7) is 0. The van der Waals surface area contributed by atoms with Crippen molar-refractivity contribution in [1.82, 2.24) is 4.98 Å². The first-order valence-electron chi connectivity index (χ1n) is 7.10. The number of benzene rings is 2. The molecule has 1 heterocycles. The van der Waals surface area contributed by atoms with Crippen molar-refractivity contribution in [1.29, 1.82) is 0 Å². The van der Waals surface area contributed by atoms with Crippen LogP contribution in [0.25, 0.3) is 11.3 Å². The van der Waals surface area contributed by atoms with Crippen molar-refractivity contribution in [2.75, 3.05) is 12.4 Å². The Hall–Kier alpha value is -1.58. The number of ether oxygens (including phenoxy) is 1. The Kier molecular flexibility index (Phi) is 6.70. The molecule has 0 spiro atoms. The van der Waals surface area contributed by atoms with Gasteiger partial charge < -0.3 is 10.1 Å². The average Bonchev–Trinajstić information content (AvgIpc) is 3.03. The molecule has 0 atom stereocenters. The van der Waals surface area contributed by atoms with Gasteiger partial charge in [0.15, 0.2) is 5.13 Å². The van der Waals surface area contributed by atoms with E-state index in [-0.39, 0.29) is 17.0 Å². The second-order valence-electron chi connectivity index (χ2n) is 5.09. The minimum absolute atomic E-state index is 0. The molecule has 0 aliphatic rings. The van der Waals surface area contributed by atoms with Crippen molar-refractivity contribution in [3.05, 3.63) is 57.9 Å². The number of nitrogens with zero attached hydrogens (tertiary/aromatic N) is 1. The number of methoxy groups -OCH3 is 1. The third kappa shape index (κ3) is 4.77. The van der Waals surface area contributed by atoms with Crippen LogP contribution in [0.1, 0.15) is 5.56 Å². The summed E-state index contributed by atoms with van der Waals surface area (Å²) >= 11 is 4.74. The monoisotopic (exact) mass is 508 g/mol. The number of rotatable bonds is 4. The summed E-state index contributed by atoms with van der Waals surface area (Å²) in [7, 11) is 1.58. The summed E-state index contributed by atoms with van der Waals surface area (Å²) in [6.07, 6.45) is -4.37. The molecule has 1 aromatic heterocycles. The Bertz CT molecular complexity index is 900. The topological polar surface area (TPSA) is 34.1 Å². The van der Waals surface area contributed by atoms with Crippen molar-refractivity contribution >= 4 is 55.1 Å². The van der Waals surface area contributed by atoms with Gasteiger partial charge in [-0.1, -0.05) is 6.07 Å². The van der Waals surface area contributed by atoms with Gasteiger partial charge in [0.1, 0.15) is 5.75 Å². The van der Waals surface area contributed by atoms with Crippen LogP contribution in [0.4, 0.5) is 24.0 Å². The highest BCUT2D eigenvalue weighted by molar-refractivity contribution is 9.10. The number of anilines is 2. The Morgan fingerprint density at radius 3 is 2.58 bits per heavy atom. The molecule has 0 fully saturated rings. The van der Waals surface area contributed by atoms with E-state index in [0.717, 1.165) is 27.9 Å². The molecule has 3 aromatic rings. The predicted molar refractivity (Wildman–Crippen MR) is 107 cm³/mol. The van der Waals surface area contributed by atoms with Crippen LogP contribution in [0.2, 0.25) is 0 Å². The molecule has 3 nitrogen and oxygen atoms in total. The zero-order valence-corrected chi connectivity index (χ0v) is 17.4. The lowest BCUT2D eigenvalue weighted by molar-refractivity contribution is -0.137. The summed E-state index contributed by atoms with van der Waals surface area (Å²) in [5, 5.41) is 5.27. The van der Waals surface area contributed by atoms with Crippen LogP contribution in [0.5, 0.6) is 5.75 Å². The normalized spacial score (nSPS) is 11.0. The highest BCUT2D eigenvalue weighted by Gasteiger charge is 2.30. The highest BCUT2D eigenvalue weighted by Crippen LogP contribution is 2.34.